The third kappa shape index (κ3) is 11.4. The number of terminal acetylenes is 1. The van der Waals surface area contributed by atoms with E-state index in [1.165, 1.54) is 35.7 Å². The maximum Gasteiger partial charge on any atom is 0.329 e. The standard InChI is InChI=1S/C44H65N5O9/c1-13-14-16-23-33-44(9,10)43(56)46-34(26(2)3)40(53)48(12)36(28(6)7)42(55)57-32(25-30-20-17-15-18-21-30)39(52)49-24-19-22-31(49)38(51)47(11)29(8)37(50)45-35(27(4)5)41(54)58-33/h1,15,17-18,20-21,26-29,31-36H,14,16,19,22-25H2,2-12H3,(H,45,50)(H,46,56)/t29-,31-,32?,33?,34?,35-,36?/m0/s1. The fraction of sp³-hybridized carbons (Fsp3) is 0.659. The highest BCUT2D eigenvalue weighted by Gasteiger charge is 2.46. The first kappa shape index (κ1) is 47.4. The van der Waals surface area contributed by atoms with E-state index in [2.05, 4.69) is 16.6 Å². The number of benzene rings is 1. The molecule has 4 unspecified atom stereocenters. The van der Waals surface area contributed by atoms with Crippen molar-refractivity contribution in [1.29, 1.82) is 0 Å². The van der Waals surface area contributed by atoms with E-state index in [0.717, 1.165) is 0 Å². The van der Waals surface area contributed by atoms with Gasteiger partial charge in [-0.1, -0.05) is 71.9 Å². The normalized spacial score (nSPS) is 27.4. The van der Waals surface area contributed by atoms with Crippen molar-refractivity contribution in [3.05, 3.63) is 35.9 Å². The summed E-state index contributed by atoms with van der Waals surface area (Å²) in [7, 11) is 2.92. The van der Waals surface area contributed by atoms with Crippen LogP contribution >= 0.6 is 0 Å². The smallest absolute Gasteiger partial charge is 0.329 e. The summed E-state index contributed by atoms with van der Waals surface area (Å²) in [6.07, 6.45) is 4.99. The van der Waals surface area contributed by atoms with Gasteiger partial charge in [-0.15, -0.1) is 12.3 Å². The largest absolute Gasteiger partial charge is 0.460 e. The molecule has 0 saturated carbocycles. The Balaban J connectivity index is 2.18. The van der Waals surface area contributed by atoms with Gasteiger partial charge in [0.25, 0.3) is 5.91 Å². The van der Waals surface area contributed by atoms with Gasteiger partial charge < -0.3 is 34.8 Å². The lowest BCUT2D eigenvalue weighted by Gasteiger charge is -2.38. The Labute approximate surface area is 344 Å². The number of hydrogen-bond acceptors (Lipinski definition) is 9. The summed E-state index contributed by atoms with van der Waals surface area (Å²) in [5, 5.41) is 5.64. The van der Waals surface area contributed by atoms with E-state index in [0.29, 0.717) is 31.2 Å². The Morgan fingerprint density at radius 3 is 2.00 bits per heavy atom. The van der Waals surface area contributed by atoms with Crippen LogP contribution in [0.3, 0.4) is 0 Å². The van der Waals surface area contributed by atoms with Crippen molar-refractivity contribution in [2.45, 2.75) is 143 Å². The maximum atomic E-state index is 14.5. The van der Waals surface area contributed by atoms with Gasteiger partial charge in [-0.05, 0) is 69.8 Å². The fourth-order valence-corrected chi connectivity index (χ4v) is 7.45. The highest BCUT2D eigenvalue weighted by molar-refractivity contribution is 5.96. The number of amides is 5. The van der Waals surface area contributed by atoms with Crippen LogP contribution in [0.15, 0.2) is 30.3 Å². The zero-order valence-corrected chi connectivity index (χ0v) is 36.2. The summed E-state index contributed by atoms with van der Waals surface area (Å²) < 4.78 is 12.1. The number of hydrogen-bond donors (Lipinski definition) is 2. The van der Waals surface area contributed by atoms with Crippen molar-refractivity contribution < 1.29 is 43.0 Å². The molecular formula is C44H65N5O9. The topological polar surface area (TPSA) is 172 Å². The Morgan fingerprint density at radius 2 is 1.43 bits per heavy atom. The molecule has 0 bridgehead atoms. The minimum Gasteiger partial charge on any atom is -0.460 e. The second-order valence-electron chi connectivity index (χ2n) is 17.2. The van der Waals surface area contributed by atoms with Gasteiger partial charge in [0.15, 0.2) is 6.10 Å². The summed E-state index contributed by atoms with van der Waals surface area (Å²) in [5.74, 6) is -3.22. The van der Waals surface area contributed by atoms with E-state index in [1.54, 1.807) is 79.7 Å². The average Bonchev–Trinajstić information content (AvgIpc) is 3.66. The van der Waals surface area contributed by atoms with Crippen molar-refractivity contribution >= 4 is 41.5 Å². The molecule has 320 valence electrons. The van der Waals surface area contributed by atoms with Crippen molar-refractivity contribution in [3.8, 4) is 12.3 Å². The van der Waals surface area contributed by atoms with Crippen LogP contribution < -0.4 is 10.6 Å². The van der Waals surface area contributed by atoms with Crippen LogP contribution in [0.25, 0.3) is 0 Å². The predicted molar refractivity (Wildman–Crippen MR) is 218 cm³/mol. The molecule has 0 aromatic heterocycles. The Hall–Kier alpha value is -4.93. The number of unbranched alkanes of at least 4 members (excludes halogenated alkanes) is 1. The molecule has 1 aromatic carbocycles. The first-order valence-corrected chi connectivity index (χ1v) is 20.5. The summed E-state index contributed by atoms with van der Waals surface area (Å²) in [6, 6.07) is 3.62. The molecule has 14 heteroatoms. The number of rotatable bonds is 8. The van der Waals surface area contributed by atoms with E-state index < -0.39 is 107 Å². The number of esters is 2. The van der Waals surface area contributed by atoms with Crippen LogP contribution in [0, 0.1) is 35.5 Å². The number of fused-ring (bicyclic) bond motifs is 1. The van der Waals surface area contributed by atoms with E-state index in [-0.39, 0.29) is 19.4 Å². The quantitative estimate of drug-likeness (QED) is 0.227. The molecule has 0 radical (unpaired) electrons. The minimum absolute atomic E-state index is 0.00884. The first-order valence-electron chi connectivity index (χ1n) is 20.5. The number of carbonyl (C=O) groups excluding carboxylic acids is 7. The van der Waals surface area contributed by atoms with Crippen molar-refractivity contribution in [1.82, 2.24) is 25.3 Å². The van der Waals surface area contributed by atoms with Crippen LogP contribution in [0.5, 0.6) is 0 Å². The SMILES string of the molecule is C#CCCCC1OC(=O)[C@H](C(C)C)NC(=O)[C@H](C)N(C)C(=O)[C@@H]2CCCN2C(=O)C(Cc2ccccc2)OC(=O)C(C(C)C)N(C)C(=O)C(C(C)C)NC(=O)C1(C)C. The molecule has 2 aliphatic heterocycles. The molecule has 2 N–H and O–H groups in total. The van der Waals surface area contributed by atoms with Crippen molar-refractivity contribution in [2.75, 3.05) is 20.6 Å². The predicted octanol–water partition coefficient (Wildman–Crippen LogP) is 3.50. The monoisotopic (exact) mass is 807 g/mol. The lowest BCUT2D eigenvalue weighted by Crippen LogP contribution is -2.60. The number of nitrogens with one attached hydrogen (secondary N) is 2. The Kier molecular flexibility index (Phi) is 16.9. The molecule has 0 aliphatic carbocycles. The third-order valence-electron chi connectivity index (χ3n) is 11.4. The van der Waals surface area contributed by atoms with Gasteiger partial charge in [-0.3, -0.25) is 24.0 Å². The van der Waals surface area contributed by atoms with Gasteiger partial charge in [0, 0.05) is 33.5 Å². The lowest BCUT2D eigenvalue weighted by atomic mass is 9.82. The van der Waals surface area contributed by atoms with E-state index in [9.17, 15) is 33.6 Å². The third-order valence-corrected chi connectivity index (χ3v) is 11.4. The molecule has 0 spiro atoms. The van der Waals surface area contributed by atoms with Gasteiger partial charge in [-0.2, -0.15) is 0 Å². The molecule has 14 nitrogen and oxygen atoms in total. The van der Waals surface area contributed by atoms with Crippen LogP contribution in [-0.2, 0) is 49.5 Å². The molecule has 3 rings (SSSR count). The molecule has 2 heterocycles. The Bertz CT molecular complexity index is 1690. The zero-order chi connectivity index (χ0) is 43.6. The Morgan fingerprint density at radius 1 is 0.810 bits per heavy atom. The number of cyclic esters (lactones) is 2. The highest BCUT2D eigenvalue weighted by atomic mass is 16.6. The molecule has 58 heavy (non-hydrogen) atoms. The van der Waals surface area contributed by atoms with Crippen LogP contribution in [0.4, 0.5) is 0 Å². The number of ether oxygens (including phenoxy) is 2. The molecule has 2 saturated heterocycles. The maximum absolute atomic E-state index is 14.5. The van der Waals surface area contributed by atoms with Gasteiger partial charge in [0.2, 0.25) is 23.6 Å². The van der Waals surface area contributed by atoms with Gasteiger partial charge in [0.05, 0.1) is 5.41 Å². The van der Waals surface area contributed by atoms with Crippen molar-refractivity contribution in [3.63, 3.8) is 0 Å². The summed E-state index contributed by atoms with van der Waals surface area (Å²) in [6.45, 7) is 15.5. The molecule has 7 atom stereocenters. The molecular weight excluding hydrogens is 743 g/mol. The molecule has 2 fully saturated rings. The molecule has 2 aliphatic rings. The van der Waals surface area contributed by atoms with Gasteiger partial charge >= 0.3 is 11.9 Å². The van der Waals surface area contributed by atoms with E-state index >= 15 is 0 Å². The highest BCUT2D eigenvalue weighted by Crippen LogP contribution is 2.30. The average molecular weight is 808 g/mol. The summed E-state index contributed by atoms with van der Waals surface area (Å²) in [5.41, 5.74) is -0.682. The van der Waals surface area contributed by atoms with Crippen LogP contribution in [0.2, 0.25) is 0 Å². The fourth-order valence-electron chi connectivity index (χ4n) is 7.45. The first-order chi connectivity index (χ1) is 27.1. The van der Waals surface area contributed by atoms with Crippen molar-refractivity contribution in [2.24, 2.45) is 23.2 Å². The zero-order valence-electron chi connectivity index (χ0n) is 36.2. The van der Waals surface area contributed by atoms with Crippen LogP contribution in [0.1, 0.15) is 100.0 Å². The minimum atomic E-state index is -1.40. The summed E-state index contributed by atoms with van der Waals surface area (Å²) in [4.78, 5) is 103. The molecule has 5 amide bonds. The number of nitrogens with zero attached hydrogens (tertiary/aromatic N) is 3. The van der Waals surface area contributed by atoms with Gasteiger partial charge in [-0.25, -0.2) is 9.59 Å². The van der Waals surface area contributed by atoms with Crippen LogP contribution in [-0.4, -0.2) is 119 Å². The van der Waals surface area contributed by atoms with E-state index in [4.69, 9.17) is 15.9 Å². The summed E-state index contributed by atoms with van der Waals surface area (Å²) >= 11 is 0. The number of likely N-dealkylation sites (N-methyl/N-ethyl adjacent to an activating group) is 2. The second kappa shape index (κ2) is 20.7. The second-order valence-corrected chi connectivity index (χ2v) is 17.2. The van der Waals surface area contributed by atoms with E-state index in [1.807, 2.05) is 6.07 Å². The van der Waals surface area contributed by atoms with Gasteiger partial charge in [0.1, 0.15) is 36.3 Å². The molecule has 1 aromatic rings. The number of carbonyl (C=O) groups is 7. The lowest BCUT2D eigenvalue weighted by molar-refractivity contribution is -0.169.